The van der Waals surface area contributed by atoms with Crippen LogP contribution in [0, 0.1) is 0 Å². The summed E-state index contributed by atoms with van der Waals surface area (Å²) in [4.78, 5) is 23.9. The molecule has 0 aliphatic rings. The Hall–Kier alpha value is -3.98. The fourth-order valence-corrected chi connectivity index (χ4v) is 3.50. The zero-order valence-corrected chi connectivity index (χ0v) is 17.1. The van der Waals surface area contributed by atoms with Crippen LogP contribution in [0.4, 0.5) is 0 Å². The SMILES string of the molecule is O=CC(Cc1ccccc1)NC(=O)c1ccc(C=Cc2ccc3ccccc3c2)cc1. The molecule has 0 aromatic heterocycles. The summed E-state index contributed by atoms with van der Waals surface area (Å²) in [6.07, 6.45) is 5.34. The summed E-state index contributed by atoms with van der Waals surface area (Å²) < 4.78 is 0. The number of aldehydes is 1. The fraction of sp³-hybridized carbons (Fsp3) is 0.0714. The maximum absolute atomic E-state index is 12.5. The van der Waals surface area contributed by atoms with E-state index in [0.717, 1.165) is 23.0 Å². The Morgan fingerprint density at radius 1 is 0.742 bits per heavy atom. The van der Waals surface area contributed by atoms with Crippen molar-refractivity contribution in [3.63, 3.8) is 0 Å². The van der Waals surface area contributed by atoms with Gasteiger partial charge < -0.3 is 10.1 Å². The molecule has 0 radical (unpaired) electrons. The molecule has 0 fully saturated rings. The van der Waals surface area contributed by atoms with Gasteiger partial charge in [-0.15, -0.1) is 0 Å². The van der Waals surface area contributed by atoms with Gasteiger partial charge in [0.05, 0.1) is 6.04 Å². The molecule has 0 saturated carbocycles. The van der Waals surface area contributed by atoms with E-state index in [1.165, 1.54) is 10.8 Å². The van der Waals surface area contributed by atoms with E-state index in [1.807, 2.05) is 60.7 Å². The Balaban J connectivity index is 1.40. The Bertz CT molecular complexity index is 1210. The van der Waals surface area contributed by atoms with Crippen molar-refractivity contribution in [3.8, 4) is 0 Å². The normalized spacial score (nSPS) is 12.0. The third-order valence-electron chi connectivity index (χ3n) is 5.19. The maximum atomic E-state index is 12.5. The number of nitrogens with one attached hydrogen (secondary N) is 1. The van der Waals surface area contributed by atoms with Gasteiger partial charge in [-0.2, -0.15) is 0 Å². The van der Waals surface area contributed by atoms with E-state index in [9.17, 15) is 9.59 Å². The van der Waals surface area contributed by atoms with Gasteiger partial charge in [-0.1, -0.05) is 91.0 Å². The Kier molecular flexibility index (Phi) is 6.34. The lowest BCUT2D eigenvalue weighted by Crippen LogP contribution is -2.37. The van der Waals surface area contributed by atoms with E-state index in [4.69, 9.17) is 0 Å². The average molecular weight is 405 g/mol. The summed E-state index contributed by atoms with van der Waals surface area (Å²) in [5.74, 6) is -0.252. The lowest BCUT2D eigenvalue weighted by molar-refractivity contribution is -0.109. The lowest BCUT2D eigenvalue weighted by Gasteiger charge is -2.13. The van der Waals surface area contributed by atoms with E-state index in [0.29, 0.717) is 12.0 Å². The van der Waals surface area contributed by atoms with Crippen LogP contribution in [0.25, 0.3) is 22.9 Å². The Morgan fingerprint density at radius 3 is 2.13 bits per heavy atom. The highest BCUT2D eigenvalue weighted by Gasteiger charge is 2.13. The average Bonchev–Trinajstić information content (AvgIpc) is 2.83. The molecule has 0 spiro atoms. The third-order valence-corrected chi connectivity index (χ3v) is 5.19. The lowest BCUT2D eigenvalue weighted by atomic mass is 10.0. The van der Waals surface area contributed by atoms with Crippen LogP contribution in [0.2, 0.25) is 0 Å². The highest BCUT2D eigenvalue weighted by atomic mass is 16.2. The zero-order chi connectivity index (χ0) is 21.5. The summed E-state index contributed by atoms with van der Waals surface area (Å²) in [7, 11) is 0. The van der Waals surface area contributed by atoms with Crippen LogP contribution in [0.1, 0.15) is 27.0 Å². The molecule has 3 heteroatoms. The molecule has 4 aromatic carbocycles. The van der Waals surface area contributed by atoms with Crippen molar-refractivity contribution in [1.29, 1.82) is 0 Å². The highest BCUT2D eigenvalue weighted by Crippen LogP contribution is 2.17. The van der Waals surface area contributed by atoms with Gasteiger partial charge in [-0.3, -0.25) is 4.79 Å². The molecule has 1 atom stereocenters. The van der Waals surface area contributed by atoms with Gasteiger partial charge in [0.15, 0.2) is 0 Å². The van der Waals surface area contributed by atoms with Crippen molar-refractivity contribution < 1.29 is 9.59 Å². The van der Waals surface area contributed by atoms with Crippen LogP contribution in [0.15, 0.2) is 97.1 Å². The van der Waals surface area contributed by atoms with E-state index in [1.54, 1.807) is 12.1 Å². The van der Waals surface area contributed by atoms with E-state index in [2.05, 4.69) is 41.7 Å². The van der Waals surface area contributed by atoms with Gasteiger partial charge in [0.2, 0.25) is 0 Å². The van der Waals surface area contributed by atoms with Crippen LogP contribution in [-0.2, 0) is 11.2 Å². The number of carbonyl (C=O) groups is 2. The summed E-state index contributed by atoms with van der Waals surface area (Å²) >= 11 is 0. The number of rotatable bonds is 7. The van der Waals surface area contributed by atoms with Crippen LogP contribution in [0.3, 0.4) is 0 Å². The minimum absolute atomic E-state index is 0.252. The Labute approximate surface area is 182 Å². The number of fused-ring (bicyclic) bond motifs is 1. The Morgan fingerprint density at radius 2 is 1.39 bits per heavy atom. The van der Waals surface area contributed by atoms with Gasteiger partial charge in [0.1, 0.15) is 6.29 Å². The highest BCUT2D eigenvalue weighted by molar-refractivity contribution is 5.96. The van der Waals surface area contributed by atoms with Gasteiger partial charge in [0, 0.05) is 5.56 Å². The summed E-state index contributed by atoms with van der Waals surface area (Å²) in [6, 6.07) is 31.1. The molecule has 0 saturated heterocycles. The second-order valence-corrected chi connectivity index (χ2v) is 7.47. The predicted molar refractivity (Wildman–Crippen MR) is 127 cm³/mol. The monoisotopic (exact) mass is 405 g/mol. The molecule has 0 heterocycles. The summed E-state index contributed by atoms with van der Waals surface area (Å²) in [6.45, 7) is 0. The van der Waals surface area contributed by atoms with Gasteiger partial charge in [0.25, 0.3) is 5.91 Å². The van der Waals surface area contributed by atoms with Crippen molar-refractivity contribution in [2.45, 2.75) is 12.5 Å². The molecule has 1 N–H and O–H groups in total. The number of carbonyl (C=O) groups excluding carboxylic acids is 2. The predicted octanol–water partition coefficient (Wildman–Crippen LogP) is 5.55. The first-order chi connectivity index (χ1) is 15.2. The van der Waals surface area contributed by atoms with E-state index >= 15 is 0 Å². The molecule has 0 bridgehead atoms. The minimum atomic E-state index is -0.553. The van der Waals surface area contributed by atoms with Crippen molar-refractivity contribution in [3.05, 3.63) is 119 Å². The van der Waals surface area contributed by atoms with Crippen LogP contribution in [-0.4, -0.2) is 18.2 Å². The number of benzene rings is 4. The topological polar surface area (TPSA) is 46.2 Å². The molecule has 0 aliphatic heterocycles. The van der Waals surface area contributed by atoms with Gasteiger partial charge in [-0.05, 0) is 52.1 Å². The fourth-order valence-electron chi connectivity index (χ4n) is 3.50. The standard InChI is InChI=1S/C28H23NO2/c30-20-27(19-22-6-2-1-3-7-22)29-28(31)25-16-12-21(13-17-25)10-11-23-14-15-24-8-4-5-9-26(24)18-23/h1-18,20,27H,19H2,(H,29,31). The maximum Gasteiger partial charge on any atom is 0.251 e. The van der Waals surface area contributed by atoms with Crippen molar-refractivity contribution in [2.75, 3.05) is 0 Å². The van der Waals surface area contributed by atoms with Crippen LogP contribution in [0.5, 0.6) is 0 Å². The molecule has 4 rings (SSSR count). The van der Waals surface area contributed by atoms with Gasteiger partial charge in [-0.25, -0.2) is 0 Å². The second-order valence-electron chi connectivity index (χ2n) is 7.47. The van der Waals surface area contributed by atoms with Crippen LogP contribution >= 0.6 is 0 Å². The van der Waals surface area contributed by atoms with Crippen molar-refractivity contribution >= 4 is 35.1 Å². The molecule has 3 nitrogen and oxygen atoms in total. The molecule has 0 aliphatic carbocycles. The minimum Gasteiger partial charge on any atom is -0.342 e. The van der Waals surface area contributed by atoms with E-state index in [-0.39, 0.29) is 5.91 Å². The smallest absolute Gasteiger partial charge is 0.251 e. The second kappa shape index (κ2) is 9.68. The summed E-state index contributed by atoms with van der Waals surface area (Å²) in [5, 5.41) is 5.22. The number of hydrogen-bond donors (Lipinski definition) is 1. The first-order valence-corrected chi connectivity index (χ1v) is 10.3. The van der Waals surface area contributed by atoms with Crippen molar-refractivity contribution in [1.82, 2.24) is 5.32 Å². The van der Waals surface area contributed by atoms with Crippen molar-refractivity contribution in [2.24, 2.45) is 0 Å². The molecule has 4 aromatic rings. The molecule has 31 heavy (non-hydrogen) atoms. The quantitative estimate of drug-likeness (QED) is 0.324. The molecule has 152 valence electrons. The molecular formula is C28H23NO2. The largest absolute Gasteiger partial charge is 0.342 e. The molecule has 1 unspecified atom stereocenters. The van der Waals surface area contributed by atoms with Gasteiger partial charge >= 0.3 is 0 Å². The zero-order valence-electron chi connectivity index (χ0n) is 17.1. The third kappa shape index (κ3) is 5.34. The first kappa shape index (κ1) is 20.3. The molecule has 1 amide bonds. The van der Waals surface area contributed by atoms with Crippen LogP contribution < -0.4 is 5.32 Å². The van der Waals surface area contributed by atoms with E-state index < -0.39 is 6.04 Å². The first-order valence-electron chi connectivity index (χ1n) is 10.3. The molecular weight excluding hydrogens is 382 g/mol. The number of amides is 1. The number of hydrogen-bond acceptors (Lipinski definition) is 2. The summed E-state index contributed by atoms with van der Waals surface area (Å²) in [5.41, 5.74) is 3.66.